The van der Waals surface area contributed by atoms with Crippen LogP contribution in [-0.4, -0.2) is 35.6 Å². The van der Waals surface area contributed by atoms with Gasteiger partial charge in [0.25, 0.3) is 5.91 Å². The number of aromatic hydroxyl groups is 1. The Morgan fingerprint density at radius 2 is 2.14 bits per heavy atom. The molecule has 1 heterocycles. The molecule has 0 unspecified atom stereocenters. The van der Waals surface area contributed by atoms with Gasteiger partial charge in [0, 0.05) is 23.2 Å². The predicted molar refractivity (Wildman–Crippen MR) is 78.2 cm³/mol. The maximum absolute atomic E-state index is 12.1. The topological polar surface area (TPSA) is 78.9 Å². The molecule has 0 bridgehead atoms. The third kappa shape index (κ3) is 2.95. The van der Waals surface area contributed by atoms with Crippen LogP contribution in [0.15, 0.2) is 17.8 Å². The van der Waals surface area contributed by atoms with E-state index in [2.05, 4.69) is 5.32 Å². The van der Waals surface area contributed by atoms with Crippen LogP contribution < -0.4 is 10.1 Å². The fourth-order valence-corrected chi connectivity index (χ4v) is 2.23. The number of halogens is 1. The van der Waals surface area contributed by atoms with Gasteiger partial charge in [0.05, 0.1) is 7.11 Å². The Bertz CT molecular complexity index is 628. The molecule has 0 atom stereocenters. The van der Waals surface area contributed by atoms with Gasteiger partial charge in [0.1, 0.15) is 5.70 Å². The molecule has 6 nitrogen and oxygen atoms in total. The van der Waals surface area contributed by atoms with E-state index in [4.69, 9.17) is 16.3 Å². The van der Waals surface area contributed by atoms with Gasteiger partial charge in [-0.2, -0.15) is 0 Å². The summed E-state index contributed by atoms with van der Waals surface area (Å²) in [5.74, 6) is -0.387. The summed E-state index contributed by atoms with van der Waals surface area (Å²) in [6.45, 7) is 2.21. The number of methoxy groups -OCH3 is 1. The summed E-state index contributed by atoms with van der Waals surface area (Å²) in [6.07, 6.45) is 2.04. The van der Waals surface area contributed by atoms with E-state index in [-0.39, 0.29) is 17.2 Å². The highest BCUT2D eigenvalue weighted by atomic mass is 35.5. The molecule has 21 heavy (non-hydrogen) atoms. The number of phenolic OH excluding ortho intramolecular Hbond substituents is 1. The lowest BCUT2D eigenvalue weighted by Gasteiger charge is -2.09. The smallest absolute Gasteiger partial charge is 0.329 e. The first-order chi connectivity index (χ1) is 9.97. The number of rotatable bonds is 4. The number of urea groups is 1. The van der Waals surface area contributed by atoms with Crippen LogP contribution >= 0.6 is 11.6 Å². The molecule has 0 aromatic heterocycles. The molecule has 1 aromatic rings. The molecule has 2 N–H and O–H groups in total. The van der Waals surface area contributed by atoms with Crippen LogP contribution in [0.5, 0.6) is 11.5 Å². The molecule has 3 amide bonds. The highest BCUT2D eigenvalue weighted by Crippen LogP contribution is 2.35. The second kappa shape index (κ2) is 6.05. The summed E-state index contributed by atoms with van der Waals surface area (Å²) in [5, 5.41) is 12.8. The van der Waals surface area contributed by atoms with E-state index in [9.17, 15) is 14.7 Å². The third-order valence-corrected chi connectivity index (χ3v) is 3.22. The average Bonchev–Trinajstić information content (AvgIpc) is 2.70. The zero-order valence-corrected chi connectivity index (χ0v) is 12.4. The molecular formula is C14H15ClN2O4. The average molecular weight is 311 g/mol. The highest BCUT2D eigenvalue weighted by Gasteiger charge is 2.32. The Labute approximate surface area is 126 Å². The molecule has 0 aliphatic carbocycles. The van der Waals surface area contributed by atoms with Crippen LogP contribution in [0.2, 0.25) is 5.02 Å². The monoisotopic (exact) mass is 310 g/mol. The van der Waals surface area contributed by atoms with E-state index in [0.29, 0.717) is 23.6 Å². The van der Waals surface area contributed by atoms with Crippen molar-refractivity contribution in [2.75, 3.05) is 13.7 Å². The molecule has 7 heteroatoms. The fourth-order valence-electron chi connectivity index (χ4n) is 2.01. The molecular weight excluding hydrogens is 296 g/mol. The Hall–Kier alpha value is -2.21. The molecule has 1 fully saturated rings. The van der Waals surface area contributed by atoms with Crippen molar-refractivity contribution in [3.05, 3.63) is 28.4 Å². The van der Waals surface area contributed by atoms with E-state index in [1.165, 1.54) is 25.3 Å². The van der Waals surface area contributed by atoms with Crippen molar-refractivity contribution in [3.8, 4) is 11.5 Å². The van der Waals surface area contributed by atoms with Crippen molar-refractivity contribution in [2.45, 2.75) is 13.3 Å². The van der Waals surface area contributed by atoms with Crippen molar-refractivity contribution in [1.82, 2.24) is 10.2 Å². The molecule has 1 saturated heterocycles. The molecule has 0 radical (unpaired) electrons. The van der Waals surface area contributed by atoms with Gasteiger partial charge in [-0.15, -0.1) is 0 Å². The minimum Gasteiger partial charge on any atom is -0.504 e. The second-order valence-electron chi connectivity index (χ2n) is 4.49. The largest absolute Gasteiger partial charge is 0.504 e. The standard InChI is InChI=1S/C14H15ClN2O4/c1-3-4-17-13(19)10(16-14(17)20)6-8-5-9(15)7-11(21-2)12(8)18/h5-7,18H,3-4H2,1-2H3,(H,16,20)/b10-6+. The van der Waals surface area contributed by atoms with Crippen LogP contribution in [0.25, 0.3) is 6.08 Å². The Morgan fingerprint density at radius 1 is 1.43 bits per heavy atom. The predicted octanol–water partition coefficient (Wildman–Crippen LogP) is 2.36. The quantitative estimate of drug-likeness (QED) is 0.661. The number of ether oxygens (including phenoxy) is 1. The van der Waals surface area contributed by atoms with E-state index < -0.39 is 11.9 Å². The van der Waals surface area contributed by atoms with Crippen LogP contribution in [0.3, 0.4) is 0 Å². The zero-order valence-electron chi connectivity index (χ0n) is 11.6. The van der Waals surface area contributed by atoms with Gasteiger partial charge >= 0.3 is 6.03 Å². The summed E-state index contributed by atoms with van der Waals surface area (Å²) in [4.78, 5) is 24.9. The van der Waals surface area contributed by atoms with Gasteiger partial charge in [-0.05, 0) is 18.6 Å². The number of benzene rings is 1. The van der Waals surface area contributed by atoms with Crippen LogP contribution in [0.1, 0.15) is 18.9 Å². The highest BCUT2D eigenvalue weighted by molar-refractivity contribution is 6.31. The summed E-state index contributed by atoms with van der Waals surface area (Å²) in [6, 6.07) is 2.47. The first-order valence-electron chi connectivity index (χ1n) is 6.39. The van der Waals surface area contributed by atoms with Crippen molar-refractivity contribution in [2.24, 2.45) is 0 Å². The summed E-state index contributed by atoms with van der Waals surface area (Å²) in [7, 11) is 1.40. The maximum atomic E-state index is 12.1. The van der Waals surface area contributed by atoms with Gasteiger partial charge in [-0.1, -0.05) is 18.5 Å². The molecule has 1 aromatic carbocycles. The maximum Gasteiger partial charge on any atom is 0.329 e. The SMILES string of the molecule is CCCN1C(=O)N/C(=C/c2cc(Cl)cc(OC)c2O)C1=O. The van der Waals surface area contributed by atoms with Crippen LogP contribution in [-0.2, 0) is 4.79 Å². The number of amides is 3. The van der Waals surface area contributed by atoms with E-state index in [1.807, 2.05) is 6.92 Å². The van der Waals surface area contributed by atoms with E-state index in [1.54, 1.807) is 0 Å². The molecule has 0 spiro atoms. The van der Waals surface area contributed by atoms with Gasteiger partial charge in [-0.3, -0.25) is 9.69 Å². The van der Waals surface area contributed by atoms with Gasteiger partial charge in [-0.25, -0.2) is 4.79 Å². The lowest BCUT2D eigenvalue weighted by atomic mass is 10.1. The first-order valence-corrected chi connectivity index (χ1v) is 6.76. The number of carbonyl (C=O) groups excluding carboxylic acids is 2. The number of carbonyl (C=O) groups is 2. The minimum atomic E-state index is -0.471. The lowest BCUT2D eigenvalue weighted by molar-refractivity contribution is -0.122. The van der Waals surface area contributed by atoms with Crippen molar-refractivity contribution >= 4 is 29.6 Å². The summed E-state index contributed by atoms with van der Waals surface area (Å²) in [5.41, 5.74) is 0.384. The number of nitrogens with zero attached hydrogens (tertiary/aromatic N) is 1. The minimum absolute atomic E-state index is 0.0908. The zero-order chi connectivity index (χ0) is 15.6. The summed E-state index contributed by atoms with van der Waals surface area (Å²) >= 11 is 5.93. The fraction of sp³-hybridized carbons (Fsp3) is 0.286. The van der Waals surface area contributed by atoms with E-state index in [0.717, 1.165) is 4.90 Å². The Balaban J connectivity index is 2.39. The molecule has 1 aliphatic heterocycles. The van der Waals surface area contributed by atoms with Crippen molar-refractivity contribution in [3.63, 3.8) is 0 Å². The number of nitrogens with one attached hydrogen (secondary N) is 1. The molecule has 2 rings (SSSR count). The van der Waals surface area contributed by atoms with Gasteiger partial charge < -0.3 is 15.2 Å². The molecule has 1 aliphatic rings. The van der Waals surface area contributed by atoms with Crippen molar-refractivity contribution < 1.29 is 19.4 Å². The first kappa shape index (κ1) is 15.2. The van der Waals surface area contributed by atoms with E-state index >= 15 is 0 Å². The Kier molecular flexibility index (Phi) is 4.37. The van der Waals surface area contributed by atoms with Crippen molar-refractivity contribution in [1.29, 1.82) is 0 Å². The van der Waals surface area contributed by atoms with Gasteiger partial charge in [0.15, 0.2) is 11.5 Å². The van der Waals surface area contributed by atoms with Gasteiger partial charge in [0.2, 0.25) is 0 Å². The van der Waals surface area contributed by atoms with Crippen LogP contribution in [0.4, 0.5) is 4.79 Å². The summed E-state index contributed by atoms with van der Waals surface area (Å²) < 4.78 is 4.99. The number of hydrogen-bond acceptors (Lipinski definition) is 4. The molecule has 0 saturated carbocycles. The van der Waals surface area contributed by atoms with Crippen LogP contribution in [0, 0.1) is 0 Å². The second-order valence-corrected chi connectivity index (χ2v) is 4.93. The molecule has 112 valence electrons. The number of imide groups is 1. The Morgan fingerprint density at radius 3 is 2.76 bits per heavy atom. The normalized spacial score (nSPS) is 16.5. The lowest BCUT2D eigenvalue weighted by Crippen LogP contribution is -2.31. The number of hydrogen-bond donors (Lipinski definition) is 2. The third-order valence-electron chi connectivity index (χ3n) is 3.00. The number of phenols is 1.